The van der Waals surface area contributed by atoms with Gasteiger partial charge in [-0.15, -0.1) is 0 Å². The van der Waals surface area contributed by atoms with Gasteiger partial charge in [-0.05, 0) is 68.3 Å². The van der Waals surface area contributed by atoms with Crippen molar-refractivity contribution >= 4 is 0 Å². The molecule has 0 spiro atoms. The average molecular weight is 334 g/mol. The molecule has 3 rings (SSSR count). The summed E-state index contributed by atoms with van der Waals surface area (Å²) in [5.41, 5.74) is 7.93. The summed E-state index contributed by atoms with van der Waals surface area (Å²) >= 11 is 0. The second kappa shape index (κ2) is 8.24. The summed E-state index contributed by atoms with van der Waals surface area (Å²) in [6.45, 7) is 6.33. The van der Waals surface area contributed by atoms with Crippen molar-refractivity contribution in [1.29, 1.82) is 0 Å². The summed E-state index contributed by atoms with van der Waals surface area (Å²) in [4.78, 5) is 0. The standard InChI is InChI=1S/C26H22/c1-4-25-19-24(14-13-22-9-5-20(2)6-10-22)16-18-26(25)17-15-23-11-7-21(3)8-12-23/h5-12,16,18-19H,4H2,1-3H3. The van der Waals surface area contributed by atoms with Gasteiger partial charge in [-0.25, -0.2) is 0 Å². The summed E-state index contributed by atoms with van der Waals surface area (Å²) in [7, 11) is 0. The van der Waals surface area contributed by atoms with Crippen molar-refractivity contribution in [2.75, 3.05) is 0 Å². The maximum absolute atomic E-state index is 3.31. The lowest BCUT2D eigenvalue weighted by atomic mass is 10.0. The zero-order valence-electron chi connectivity index (χ0n) is 15.6. The number of benzene rings is 3. The Hall–Kier alpha value is -3.22. The van der Waals surface area contributed by atoms with Gasteiger partial charge in [0.05, 0.1) is 0 Å². The highest BCUT2D eigenvalue weighted by Gasteiger charge is 1.99. The fourth-order valence-corrected chi connectivity index (χ4v) is 2.64. The van der Waals surface area contributed by atoms with Crippen LogP contribution in [0.5, 0.6) is 0 Å². The van der Waals surface area contributed by atoms with Crippen molar-refractivity contribution in [3.8, 4) is 23.7 Å². The molecular weight excluding hydrogens is 312 g/mol. The van der Waals surface area contributed by atoms with E-state index in [1.54, 1.807) is 0 Å². The molecule has 3 aromatic rings. The van der Waals surface area contributed by atoms with Gasteiger partial charge >= 0.3 is 0 Å². The minimum absolute atomic E-state index is 0.942. The molecule has 126 valence electrons. The second-order valence-corrected chi connectivity index (χ2v) is 6.46. The smallest absolute Gasteiger partial charge is 0.0281 e. The molecule has 0 N–H and O–H groups in total. The van der Waals surface area contributed by atoms with Gasteiger partial charge in [-0.2, -0.15) is 0 Å². The quantitative estimate of drug-likeness (QED) is 0.503. The van der Waals surface area contributed by atoms with E-state index < -0.39 is 0 Å². The van der Waals surface area contributed by atoms with Crippen molar-refractivity contribution in [1.82, 2.24) is 0 Å². The van der Waals surface area contributed by atoms with E-state index in [2.05, 4.69) is 111 Å². The van der Waals surface area contributed by atoms with Crippen LogP contribution in [-0.2, 0) is 6.42 Å². The van der Waals surface area contributed by atoms with Crippen molar-refractivity contribution in [3.63, 3.8) is 0 Å². The van der Waals surface area contributed by atoms with Crippen LogP contribution in [0.1, 0.15) is 45.9 Å². The van der Waals surface area contributed by atoms with E-state index >= 15 is 0 Å². The summed E-state index contributed by atoms with van der Waals surface area (Å²) in [5, 5.41) is 0. The summed E-state index contributed by atoms with van der Waals surface area (Å²) in [5.74, 6) is 13.1. The van der Waals surface area contributed by atoms with Crippen molar-refractivity contribution in [2.24, 2.45) is 0 Å². The van der Waals surface area contributed by atoms with Gasteiger partial charge in [-0.3, -0.25) is 0 Å². The zero-order chi connectivity index (χ0) is 18.4. The molecule has 0 aliphatic carbocycles. The van der Waals surface area contributed by atoms with Gasteiger partial charge in [-0.1, -0.05) is 66.0 Å². The van der Waals surface area contributed by atoms with E-state index in [-0.39, 0.29) is 0 Å². The predicted octanol–water partition coefficient (Wildman–Crippen LogP) is 5.67. The largest absolute Gasteiger partial charge is 0.0617 e. The highest BCUT2D eigenvalue weighted by Crippen LogP contribution is 2.12. The predicted molar refractivity (Wildman–Crippen MR) is 110 cm³/mol. The number of aryl methyl sites for hydroxylation is 3. The molecule has 0 nitrogen and oxygen atoms in total. The molecule has 26 heavy (non-hydrogen) atoms. The first-order valence-corrected chi connectivity index (χ1v) is 8.94. The molecule has 0 atom stereocenters. The maximum Gasteiger partial charge on any atom is 0.0281 e. The van der Waals surface area contributed by atoms with Gasteiger partial charge in [0.1, 0.15) is 0 Å². The first-order chi connectivity index (χ1) is 12.6. The molecule has 0 aliphatic heterocycles. The Balaban J connectivity index is 1.84. The van der Waals surface area contributed by atoms with E-state index in [9.17, 15) is 0 Å². The summed E-state index contributed by atoms with van der Waals surface area (Å²) in [6, 6.07) is 22.9. The average Bonchev–Trinajstić information content (AvgIpc) is 2.67. The van der Waals surface area contributed by atoms with Crippen LogP contribution in [-0.4, -0.2) is 0 Å². The highest BCUT2D eigenvalue weighted by molar-refractivity contribution is 5.52. The van der Waals surface area contributed by atoms with E-state index in [1.165, 1.54) is 16.7 Å². The molecule has 0 aromatic heterocycles. The molecule has 0 unspecified atom stereocenters. The Labute approximate surface area is 156 Å². The third kappa shape index (κ3) is 4.66. The Morgan fingerprint density at radius 1 is 0.577 bits per heavy atom. The first-order valence-electron chi connectivity index (χ1n) is 8.94. The molecule has 0 saturated carbocycles. The van der Waals surface area contributed by atoms with Gasteiger partial charge in [0.2, 0.25) is 0 Å². The number of hydrogen-bond acceptors (Lipinski definition) is 0. The van der Waals surface area contributed by atoms with Crippen LogP contribution in [0.2, 0.25) is 0 Å². The maximum atomic E-state index is 3.31. The molecule has 0 heteroatoms. The molecule has 0 saturated heterocycles. The van der Waals surface area contributed by atoms with Crippen LogP contribution in [0.25, 0.3) is 0 Å². The normalized spacial score (nSPS) is 9.65. The summed E-state index contributed by atoms with van der Waals surface area (Å²) in [6.07, 6.45) is 0.942. The SMILES string of the molecule is CCc1cc(C#Cc2ccc(C)cc2)ccc1C#Cc1ccc(C)cc1. The minimum atomic E-state index is 0.942. The Morgan fingerprint density at radius 3 is 1.58 bits per heavy atom. The van der Waals surface area contributed by atoms with Gasteiger partial charge in [0.15, 0.2) is 0 Å². The molecule has 0 bridgehead atoms. The Bertz CT molecular complexity index is 1010. The van der Waals surface area contributed by atoms with Crippen LogP contribution in [0.4, 0.5) is 0 Å². The Morgan fingerprint density at radius 2 is 1.04 bits per heavy atom. The van der Waals surface area contributed by atoms with E-state index in [4.69, 9.17) is 0 Å². The van der Waals surface area contributed by atoms with Crippen molar-refractivity contribution in [2.45, 2.75) is 27.2 Å². The zero-order valence-corrected chi connectivity index (χ0v) is 15.6. The van der Waals surface area contributed by atoms with Crippen molar-refractivity contribution in [3.05, 3.63) is 106 Å². The topological polar surface area (TPSA) is 0 Å². The molecule has 0 amide bonds. The lowest BCUT2D eigenvalue weighted by Gasteiger charge is -2.02. The van der Waals surface area contributed by atoms with Gasteiger partial charge in [0.25, 0.3) is 0 Å². The lowest BCUT2D eigenvalue weighted by Crippen LogP contribution is -1.89. The molecular formula is C26H22. The van der Waals surface area contributed by atoms with Crippen LogP contribution in [0.15, 0.2) is 66.7 Å². The van der Waals surface area contributed by atoms with Crippen LogP contribution in [0.3, 0.4) is 0 Å². The van der Waals surface area contributed by atoms with Crippen molar-refractivity contribution < 1.29 is 0 Å². The molecule has 3 aromatic carbocycles. The third-order valence-corrected chi connectivity index (χ3v) is 4.28. The van der Waals surface area contributed by atoms with Crippen LogP contribution in [0, 0.1) is 37.5 Å². The molecule has 0 radical (unpaired) electrons. The van der Waals surface area contributed by atoms with E-state index in [0.29, 0.717) is 0 Å². The fourth-order valence-electron chi connectivity index (χ4n) is 2.64. The lowest BCUT2D eigenvalue weighted by molar-refractivity contribution is 1.13. The number of rotatable bonds is 1. The van der Waals surface area contributed by atoms with Crippen LogP contribution >= 0.6 is 0 Å². The minimum Gasteiger partial charge on any atom is -0.0617 e. The van der Waals surface area contributed by atoms with Gasteiger partial charge in [0, 0.05) is 22.3 Å². The van der Waals surface area contributed by atoms with E-state index in [0.717, 1.165) is 28.7 Å². The molecule has 0 heterocycles. The summed E-state index contributed by atoms with van der Waals surface area (Å²) < 4.78 is 0. The Kier molecular flexibility index (Phi) is 5.58. The molecule has 0 aliphatic rings. The van der Waals surface area contributed by atoms with Gasteiger partial charge < -0.3 is 0 Å². The second-order valence-electron chi connectivity index (χ2n) is 6.46. The van der Waals surface area contributed by atoms with E-state index in [1.807, 2.05) is 0 Å². The fraction of sp³-hybridized carbons (Fsp3) is 0.154. The third-order valence-electron chi connectivity index (χ3n) is 4.28. The highest BCUT2D eigenvalue weighted by atomic mass is 14.0. The number of hydrogen-bond donors (Lipinski definition) is 0. The molecule has 0 fully saturated rings. The van der Waals surface area contributed by atoms with Crippen LogP contribution < -0.4 is 0 Å². The first kappa shape index (κ1) is 17.6. The monoisotopic (exact) mass is 334 g/mol.